The second-order valence-electron chi connectivity index (χ2n) is 5.94. The zero-order valence-corrected chi connectivity index (χ0v) is 13.9. The van der Waals surface area contributed by atoms with Gasteiger partial charge >= 0.3 is 6.03 Å². The van der Waals surface area contributed by atoms with E-state index in [-0.39, 0.29) is 12.2 Å². The van der Waals surface area contributed by atoms with E-state index in [1.165, 1.54) is 18.2 Å². The van der Waals surface area contributed by atoms with Crippen LogP contribution in [0.2, 0.25) is 0 Å². The first-order chi connectivity index (χ1) is 12.5. The number of nitrogens with one attached hydrogen (secondary N) is 2. The predicted octanol–water partition coefficient (Wildman–Crippen LogP) is 3.45. The quantitative estimate of drug-likeness (QED) is 0.646. The summed E-state index contributed by atoms with van der Waals surface area (Å²) in [6.07, 6.45) is 1.32. The van der Waals surface area contributed by atoms with Gasteiger partial charge in [-0.15, -0.1) is 0 Å². The molecule has 0 fully saturated rings. The molecule has 2 aromatic rings. The molecular weight excluding hydrogens is 341 g/mol. The number of carbonyl (C=O) groups excluding carboxylic acids is 1. The van der Waals surface area contributed by atoms with Crippen LogP contribution in [0.15, 0.2) is 42.5 Å². The Bertz CT molecular complexity index is 828. The molecule has 2 aromatic carbocycles. The van der Waals surface area contributed by atoms with Gasteiger partial charge in [-0.05, 0) is 31.0 Å². The predicted molar refractivity (Wildman–Crippen MR) is 92.3 cm³/mol. The summed E-state index contributed by atoms with van der Waals surface area (Å²) in [4.78, 5) is 22.8. The van der Waals surface area contributed by atoms with Crippen molar-refractivity contribution in [1.29, 1.82) is 0 Å². The summed E-state index contributed by atoms with van der Waals surface area (Å²) in [5.74, 6) is 0.147. The standard InChI is InChI=1S/C18H18FN3O4/c19-13-7-8-17-14(10-13)15(5-3-9-26-17)21-18(23)20-11-12-4-1-2-6-16(12)22(24)25/h1-2,4,6-8,10,15H,3,5,9,11H2,(H2,20,21,23)/t15-/m1/s1. The molecule has 0 spiro atoms. The van der Waals surface area contributed by atoms with E-state index in [9.17, 15) is 19.3 Å². The zero-order valence-electron chi connectivity index (χ0n) is 13.9. The highest BCUT2D eigenvalue weighted by Gasteiger charge is 2.22. The SMILES string of the molecule is O=C(NCc1ccccc1[N+](=O)[O-])N[C@@H]1CCCOc2ccc(F)cc21. The molecule has 2 amide bonds. The van der Waals surface area contributed by atoms with Gasteiger partial charge in [0.2, 0.25) is 0 Å². The van der Waals surface area contributed by atoms with Crippen molar-refractivity contribution in [3.8, 4) is 5.75 Å². The van der Waals surface area contributed by atoms with Gasteiger partial charge in [-0.1, -0.05) is 18.2 Å². The maximum absolute atomic E-state index is 13.6. The van der Waals surface area contributed by atoms with E-state index in [1.54, 1.807) is 24.3 Å². The van der Waals surface area contributed by atoms with Gasteiger partial charge in [0.25, 0.3) is 5.69 Å². The van der Waals surface area contributed by atoms with Crippen molar-refractivity contribution in [3.63, 3.8) is 0 Å². The van der Waals surface area contributed by atoms with E-state index < -0.39 is 22.8 Å². The second-order valence-corrected chi connectivity index (χ2v) is 5.94. The van der Waals surface area contributed by atoms with Crippen molar-refractivity contribution in [2.75, 3.05) is 6.61 Å². The number of ether oxygens (including phenoxy) is 1. The Labute approximate surface area is 149 Å². The molecule has 7 nitrogen and oxygen atoms in total. The Balaban J connectivity index is 1.67. The van der Waals surface area contributed by atoms with E-state index in [1.807, 2.05) is 0 Å². The zero-order chi connectivity index (χ0) is 18.5. The average Bonchev–Trinajstić information content (AvgIpc) is 2.82. The van der Waals surface area contributed by atoms with Crippen LogP contribution in [0, 0.1) is 15.9 Å². The second kappa shape index (κ2) is 7.81. The topological polar surface area (TPSA) is 93.5 Å². The molecule has 0 unspecified atom stereocenters. The molecular formula is C18H18FN3O4. The van der Waals surface area contributed by atoms with Crippen molar-refractivity contribution < 1.29 is 18.8 Å². The van der Waals surface area contributed by atoms with Crippen LogP contribution in [0.25, 0.3) is 0 Å². The van der Waals surface area contributed by atoms with Crippen molar-refractivity contribution in [3.05, 3.63) is 69.5 Å². The van der Waals surface area contributed by atoms with Gasteiger partial charge in [-0.2, -0.15) is 0 Å². The number of nitro groups is 1. The fourth-order valence-corrected chi connectivity index (χ4v) is 2.92. The number of para-hydroxylation sites is 1. The molecule has 0 aliphatic carbocycles. The van der Waals surface area contributed by atoms with Gasteiger partial charge < -0.3 is 15.4 Å². The molecule has 2 N–H and O–H groups in total. The van der Waals surface area contributed by atoms with E-state index in [0.717, 1.165) is 0 Å². The van der Waals surface area contributed by atoms with Gasteiger partial charge in [-0.25, -0.2) is 9.18 Å². The van der Waals surface area contributed by atoms with Crippen LogP contribution in [0.1, 0.15) is 30.0 Å². The summed E-state index contributed by atoms with van der Waals surface area (Å²) in [6, 6.07) is 9.56. The number of nitrogens with zero attached hydrogens (tertiary/aromatic N) is 1. The summed E-state index contributed by atoms with van der Waals surface area (Å²) in [6.45, 7) is 0.511. The summed E-state index contributed by atoms with van der Waals surface area (Å²) in [5, 5.41) is 16.4. The average molecular weight is 359 g/mol. The minimum atomic E-state index is -0.490. The van der Waals surface area contributed by atoms with Crippen molar-refractivity contribution >= 4 is 11.7 Å². The van der Waals surface area contributed by atoms with Crippen LogP contribution < -0.4 is 15.4 Å². The maximum Gasteiger partial charge on any atom is 0.315 e. The first-order valence-electron chi connectivity index (χ1n) is 8.23. The molecule has 1 aliphatic rings. The van der Waals surface area contributed by atoms with Crippen LogP contribution in [0.4, 0.5) is 14.9 Å². The molecule has 0 aromatic heterocycles. The van der Waals surface area contributed by atoms with Crippen LogP contribution in [-0.2, 0) is 6.54 Å². The molecule has 8 heteroatoms. The van der Waals surface area contributed by atoms with Crippen LogP contribution >= 0.6 is 0 Å². The Morgan fingerprint density at radius 2 is 2.12 bits per heavy atom. The summed E-state index contributed by atoms with van der Waals surface area (Å²) < 4.78 is 19.2. The van der Waals surface area contributed by atoms with Crippen LogP contribution in [-0.4, -0.2) is 17.6 Å². The third-order valence-corrected chi connectivity index (χ3v) is 4.17. The smallest absolute Gasteiger partial charge is 0.315 e. The number of halogens is 1. The summed E-state index contributed by atoms with van der Waals surface area (Å²) in [7, 11) is 0. The number of nitro benzene ring substituents is 1. The highest BCUT2D eigenvalue weighted by atomic mass is 19.1. The number of rotatable bonds is 4. The molecule has 1 aliphatic heterocycles. The van der Waals surface area contributed by atoms with Gasteiger partial charge in [0.1, 0.15) is 11.6 Å². The number of benzene rings is 2. The minimum Gasteiger partial charge on any atom is -0.493 e. The van der Waals surface area contributed by atoms with Crippen LogP contribution in [0.3, 0.4) is 0 Å². The number of hydrogen-bond acceptors (Lipinski definition) is 4. The van der Waals surface area contributed by atoms with Crippen molar-refractivity contribution in [2.24, 2.45) is 0 Å². The van der Waals surface area contributed by atoms with Crippen molar-refractivity contribution in [1.82, 2.24) is 10.6 Å². The van der Waals surface area contributed by atoms with E-state index in [4.69, 9.17) is 4.74 Å². The minimum absolute atomic E-state index is 0.0161. The number of fused-ring (bicyclic) bond motifs is 1. The van der Waals surface area contributed by atoms with E-state index in [2.05, 4.69) is 10.6 Å². The molecule has 0 bridgehead atoms. The van der Waals surface area contributed by atoms with Crippen molar-refractivity contribution in [2.45, 2.75) is 25.4 Å². The fourth-order valence-electron chi connectivity index (χ4n) is 2.92. The molecule has 3 rings (SSSR count). The Morgan fingerprint density at radius 1 is 1.31 bits per heavy atom. The first-order valence-corrected chi connectivity index (χ1v) is 8.23. The normalized spacial score (nSPS) is 16.0. The highest BCUT2D eigenvalue weighted by Crippen LogP contribution is 2.32. The molecule has 136 valence electrons. The Hall–Kier alpha value is -3.16. The monoisotopic (exact) mass is 359 g/mol. The van der Waals surface area contributed by atoms with Gasteiger partial charge in [0, 0.05) is 17.2 Å². The van der Waals surface area contributed by atoms with Gasteiger partial charge in [0.15, 0.2) is 0 Å². The lowest BCUT2D eigenvalue weighted by Gasteiger charge is -2.19. The fraction of sp³-hybridized carbons (Fsp3) is 0.278. The molecule has 0 radical (unpaired) electrons. The lowest BCUT2D eigenvalue weighted by molar-refractivity contribution is -0.385. The number of carbonyl (C=O) groups is 1. The highest BCUT2D eigenvalue weighted by molar-refractivity contribution is 5.74. The first kappa shape index (κ1) is 17.7. The number of amides is 2. The Morgan fingerprint density at radius 3 is 2.92 bits per heavy atom. The molecule has 0 saturated heterocycles. The maximum atomic E-state index is 13.6. The van der Waals surface area contributed by atoms with Crippen LogP contribution in [0.5, 0.6) is 5.75 Å². The summed E-state index contributed by atoms with van der Waals surface area (Å²) in [5.41, 5.74) is 0.940. The van der Waals surface area contributed by atoms with Gasteiger partial charge in [0.05, 0.1) is 24.1 Å². The van der Waals surface area contributed by atoms with E-state index >= 15 is 0 Å². The van der Waals surface area contributed by atoms with Gasteiger partial charge in [-0.3, -0.25) is 10.1 Å². The third-order valence-electron chi connectivity index (χ3n) is 4.17. The molecule has 1 atom stereocenters. The lowest BCUT2D eigenvalue weighted by atomic mass is 10.0. The third kappa shape index (κ3) is 4.08. The molecule has 26 heavy (non-hydrogen) atoms. The molecule has 0 saturated carbocycles. The molecule has 1 heterocycles. The van der Waals surface area contributed by atoms with E-state index in [0.29, 0.717) is 36.3 Å². The number of urea groups is 1. The lowest BCUT2D eigenvalue weighted by Crippen LogP contribution is -2.37. The Kier molecular flexibility index (Phi) is 5.31. The largest absolute Gasteiger partial charge is 0.493 e. The summed E-state index contributed by atoms with van der Waals surface area (Å²) >= 11 is 0. The number of hydrogen-bond donors (Lipinski definition) is 2.